The normalized spacial score (nSPS) is 9.91. The molecule has 0 radical (unpaired) electrons. The lowest BCUT2D eigenvalue weighted by Gasteiger charge is -2.24. The minimum atomic E-state index is 0. The molecule has 0 atom stereocenters. The molecule has 0 saturated heterocycles. The maximum Gasteiger partial charge on any atom is 0.227 e. The van der Waals surface area contributed by atoms with Crippen LogP contribution in [0.5, 0.6) is 0 Å². The van der Waals surface area contributed by atoms with E-state index in [2.05, 4.69) is 4.90 Å². The van der Waals surface area contributed by atoms with Crippen molar-refractivity contribution in [3.05, 3.63) is 30.3 Å². The fourth-order valence-electron chi connectivity index (χ4n) is 2.21. The number of likely N-dealkylation sites (N-methyl/N-ethyl adjacent to an activating group) is 1. The summed E-state index contributed by atoms with van der Waals surface area (Å²) in [6.07, 6.45) is 4.82. The van der Waals surface area contributed by atoms with Crippen molar-refractivity contribution in [3.8, 4) is 0 Å². The first-order valence-corrected chi connectivity index (χ1v) is 7.85. The van der Waals surface area contributed by atoms with Crippen LogP contribution >= 0.6 is 24.8 Å². The summed E-state index contributed by atoms with van der Waals surface area (Å²) >= 11 is 0. The molecule has 134 valence electrons. The summed E-state index contributed by atoms with van der Waals surface area (Å²) < 4.78 is 0. The van der Waals surface area contributed by atoms with E-state index in [1.54, 1.807) is 0 Å². The van der Waals surface area contributed by atoms with Gasteiger partial charge in [-0.1, -0.05) is 31.0 Å². The second-order valence-corrected chi connectivity index (χ2v) is 5.64. The Hall–Kier alpha value is -0.810. The predicted molar refractivity (Wildman–Crippen MR) is 104 cm³/mol. The molecule has 4 nitrogen and oxygen atoms in total. The van der Waals surface area contributed by atoms with Crippen LogP contribution in [-0.2, 0) is 4.79 Å². The molecule has 1 rings (SSSR count). The summed E-state index contributed by atoms with van der Waals surface area (Å²) in [7, 11) is 4.06. The third kappa shape index (κ3) is 10.6. The number of hydrogen-bond acceptors (Lipinski definition) is 3. The molecule has 0 spiro atoms. The van der Waals surface area contributed by atoms with E-state index in [1.165, 1.54) is 0 Å². The first kappa shape index (κ1) is 24.4. The molecule has 0 aliphatic carbocycles. The largest absolute Gasteiger partial charge is 0.330 e. The molecule has 23 heavy (non-hydrogen) atoms. The van der Waals surface area contributed by atoms with Crippen molar-refractivity contribution in [1.82, 2.24) is 4.90 Å². The lowest BCUT2D eigenvalue weighted by molar-refractivity contribution is -0.118. The number of para-hydroxylation sites is 1. The lowest BCUT2D eigenvalue weighted by atomic mass is 10.1. The molecule has 1 aromatic rings. The zero-order chi connectivity index (χ0) is 15.5. The monoisotopic (exact) mass is 363 g/mol. The third-order valence-corrected chi connectivity index (χ3v) is 3.48. The van der Waals surface area contributed by atoms with E-state index >= 15 is 0 Å². The Morgan fingerprint density at radius 2 is 1.57 bits per heavy atom. The van der Waals surface area contributed by atoms with E-state index in [4.69, 9.17) is 5.73 Å². The molecule has 0 aliphatic rings. The topological polar surface area (TPSA) is 49.6 Å². The molecular weight excluding hydrogens is 333 g/mol. The second-order valence-electron chi connectivity index (χ2n) is 5.64. The van der Waals surface area contributed by atoms with Gasteiger partial charge in [0.2, 0.25) is 5.91 Å². The van der Waals surface area contributed by atoms with Crippen LogP contribution in [0.2, 0.25) is 0 Å². The van der Waals surface area contributed by atoms with Crippen molar-refractivity contribution >= 4 is 36.4 Å². The standard InChI is InChI=1S/C17H29N3O.2ClH/c1-19(2)14-15-20(16-10-6-5-7-11-16)17(21)12-8-3-4-9-13-18;;/h5-7,10-11H,3-4,8-9,12-15,18H2,1-2H3;2*1H. The highest BCUT2D eigenvalue weighted by molar-refractivity contribution is 5.93. The Balaban J connectivity index is 0. The molecule has 0 bridgehead atoms. The van der Waals surface area contributed by atoms with Crippen LogP contribution in [0.4, 0.5) is 5.69 Å². The minimum absolute atomic E-state index is 0. The highest BCUT2D eigenvalue weighted by Crippen LogP contribution is 2.15. The average molecular weight is 364 g/mol. The molecule has 2 N–H and O–H groups in total. The van der Waals surface area contributed by atoms with Crippen molar-refractivity contribution in [2.45, 2.75) is 32.1 Å². The molecule has 0 aliphatic heterocycles. The van der Waals surface area contributed by atoms with Gasteiger partial charge in [-0.2, -0.15) is 0 Å². The number of hydrogen-bond donors (Lipinski definition) is 1. The molecule has 1 aromatic carbocycles. The summed E-state index contributed by atoms with van der Waals surface area (Å²) in [5, 5.41) is 0. The molecule has 0 saturated carbocycles. The third-order valence-electron chi connectivity index (χ3n) is 3.48. The Kier molecular flexibility index (Phi) is 15.7. The van der Waals surface area contributed by atoms with Gasteiger partial charge >= 0.3 is 0 Å². The van der Waals surface area contributed by atoms with Gasteiger partial charge in [0.05, 0.1) is 0 Å². The van der Waals surface area contributed by atoms with Crippen molar-refractivity contribution < 1.29 is 4.79 Å². The number of amides is 1. The van der Waals surface area contributed by atoms with Crippen molar-refractivity contribution in [2.75, 3.05) is 38.6 Å². The number of nitrogens with zero attached hydrogens (tertiary/aromatic N) is 2. The number of nitrogens with two attached hydrogens (primary N) is 1. The van der Waals surface area contributed by atoms with Gasteiger partial charge in [-0.3, -0.25) is 4.79 Å². The highest BCUT2D eigenvalue weighted by atomic mass is 35.5. The predicted octanol–water partition coefficient (Wildman–Crippen LogP) is 3.33. The fraction of sp³-hybridized carbons (Fsp3) is 0.588. The van der Waals surface area contributed by atoms with Gasteiger partial charge in [0, 0.05) is 25.2 Å². The van der Waals surface area contributed by atoms with Gasteiger partial charge in [-0.25, -0.2) is 0 Å². The summed E-state index contributed by atoms with van der Waals surface area (Å²) in [5.74, 6) is 0.218. The fourth-order valence-corrected chi connectivity index (χ4v) is 2.21. The van der Waals surface area contributed by atoms with Crippen LogP contribution in [-0.4, -0.2) is 44.5 Å². The summed E-state index contributed by atoms with van der Waals surface area (Å²) in [5.41, 5.74) is 6.47. The molecular formula is C17H31Cl2N3O. The zero-order valence-electron chi connectivity index (χ0n) is 14.2. The Morgan fingerprint density at radius 1 is 0.957 bits per heavy atom. The smallest absolute Gasteiger partial charge is 0.227 e. The van der Waals surface area contributed by atoms with Crippen LogP contribution in [0.15, 0.2) is 30.3 Å². The van der Waals surface area contributed by atoms with Gasteiger partial charge in [0.15, 0.2) is 0 Å². The number of benzene rings is 1. The number of rotatable bonds is 10. The summed E-state index contributed by atoms with van der Waals surface area (Å²) in [6, 6.07) is 9.94. The molecule has 0 fully saturated rings. The van der Waals surface area contributed by atoms with Crippen LogP contribution in [0.1, 0.15) is 32.1 Å². The van der Waals surface area contributed by atoms with Crippen molar-refractivity contribution in [3.63, 3.8) is 0 Å². The highest BCUT2D eigenvalue weighted by Gasteiger charge is 2.15. The number of carbonyl (C=O) groups is 1. The van der Waals surface area contributed by atoms with E-state index in [1.807, 2.05) is 49.3 Å². The molecule has 0 aromatic heterocycles. The van der Waals surface area contributed by atoms with Gasteiger partial charge < -0.3 is 15.5 Å². The van der Waals surface area contributed by atoms with Crippen molar-refractivity contribution in [1.29, 1.82) is 0 Å². The lowest BCUT2D eigenvalue weighted by Crippen LogP contribution is -2.36. The van der Waals surface area contributed by atoms with Gasteiger partial charge in [0.25, 0.3) is 0 Å². The molecule has 0 heterocycles. The quantitative estimate of drug-likeness (QED) is 0.648. The maximum absolute atomic E-state index is 12.5. The minimum Gasteiger partial charge on any atom is -0.330 e. The Morgan fingerprint density at radius 3 is 2.13 bits per heavy atom. The van der Waals surface area contributed by atoms with Gasteiger partial charge in [-0.05, 0) is 45.6 Å². The van der Waals surface area contributed by atoms with Crippen LogP contribution in [0, 0.1) is 0 Å². The number of unbranched alkanes of at least 4 members (excludes halogenated alkanes) is 3. The van der Waals surface area contributed by atoms with E-state index in [9.17, 15) is 4.79 Å². The van der Waals surface area contributed by atoms with Crippen molar-refractivity contribution in [2.24, 2.45) is 5.73 Å². The number of halogens is 2. The number of carbonyl (C=O) groups excluding carboxylic acids is 1. The second kappa shape index (κ2) is 14.8. The average Bonchev–Trinajstić information content (AvgIpc) is 2.48. The SMILES string of the molecule is CN(C)CCN(C(=O)CCCCCCN)c1ccccc1.Cl.Cl. The Labute approximate surface area is 153 Å². The Bertz CT molecular complexity index is 402. The van der Waals surface area contributed by atoms with Crippen LogP contribution < -0.4 is 10.6 Å². The van der Waals surface area contributed by atoms with E-state index in [0.29, 0.717) is 6.42 Å². The number of anilines is 1. The van der Waals surface area contributed by atoms with Gasteiger partial charge in [-0.15, -0.1) is 24.8 Å². The summed E-state index contributed by atoms with van der Waals surface area (Å²) in [6.45, 7) is 2.35. The first-order chi connectivity index (χ1) is 10.1. The molecule has 1 amide bonds. The molecule has 6 heteroatoms. The van der Waals surface area contributed by atoms with Crippen LogP contribution in [0.3, 0.4) is 0 Å². The zero-order valence-corrected chi connectivity index (χ0v) is 15.9. The molecule has 0 unspecified atom stereocenters. The van der Waals surface area contributed by atoms with E-state index in [-0.39, 0.29) is 30.7 Å². The maximum atomic E-state index is 12.5. The first-order valence-electron chi connectivity index (χ1n) is 7.85. The van der Waals surface area contributed by atoms with Gasteiger partial charge in [0.1, 0.15) is 0 Å². The summed E-state index contributed by atoms with van der Waals surface area (Å²) in [4.78, 5) is 16.5. The van der Waals surface area contributed by atoms with E-state index in [0.717, 1.165) is 51.0 Å². The van der Waals surface area contributed by atoms with E-state index < -0.39 is 0 Å². The van der Waals surface area contributed by atoms with Crippen LogP contribution in [0.25, 0.3) is 0 Å².